The fraction of sp³-hybridized carbons (Fsp3) is 0.273. The SMILES string of the molecule is COc1ccc(C(C)N(C)C(=O)Nc2ncc(Cc3ccc(C)c(F)c3)s2)cc1. The van der Waals surface area contributed by atoms with Crippen LogP contribution in [0.2, 0.25) is 0 Å². The van der Waals surface area contributed by atoms with Gasteiger partial charge in [-0.1, -0.05) is 24.3 Å². The molecule has 7 heteroatoms. The summed E-state index contributed by atoms with van der Waals surface area (Å²) in [5, 5.41) is 3.36. The number of hydrogen-bond donors (Lipinski definition) is 1. The second-order valence-corrected chi connectivity index (χ2v) is 8.00. The van der Waals surface area contributed by atoms with Crippen LogP contribution in [-0.4, -0.2) is 30.1 Å². The van der Waals surface area contributed by atoms with Gasteiger partial charge in [0.15, 0.2) is 5.13 Å². The van der Waals surface area contributed by atoms with Crippen LogP contribution < -0.4 is 10.1 Å². The van der Waals surface area contributed by atoms with Crippen LogP contribution in [0.4, 0.5) is 14.3 Å². The van der Waals surface area contributed by atoms with E-state index in [-0.39, 0.29) is 17.9 Å². The lowest BCUT2D eigenvalue weighted by Gasteiger charge is -2.25. The number of aromatic nitrogens is 1. The molecule has 0 radical (unpaired) electrons. The molecule has 1 heterocycles. The molecule has 5 nitrogen and oxygen atoms in total. The van der Waals surface area contributed by atoms with E-state index in [4.69, 9.17) is 4.74 Å². The van der Waals surface area contributed by atoms with Crippen molar-refractivity contribution in [3.63, 3.8) is 0 Å². The summed E-state index contributed by atoms with van der Waals surface area (Å²) in [6.07, 6.45) is 2.29. The smallest absolute Gasteiger partial charge is 0.323 e. The molecule has 152 valence electrons. The number of benzene rings is 2. The van der Waals surface area contributed by atoms with Gasteiger partial charge in [0.05, 0.1) is 13.2 Å². The van der Waals surface area contributed by atoms with Gasteiger partial charge in [-0.25, -0.2) is 14.2 Å². The van der Waals surface area contributed by atoms with E-state index >= 15 is 0 Å². The summed E-state index contributed by atoms with van der Waals surface area (Å²) < 4.78 is 18.9. The maximum absolute atomic E-state index is 13.7. The third-order valence-electron chi connectivity index (χ3n) is 4.88. The van der Waals surface area contributed by atoms with Crippen molar-refractivity contribution in [1.82, 2.24) is 9.88 Å². The highest BCUT2D eigenvalue weighted by atomic mass is 32.1. The minimum Gasteiger partial charge on any atom is -0.497 e. The standard InChI is InChI=1S/C22H24FN3O2S/c1-14-5-6-16(12-20(14)23)11-19-13-24-21(29-19)25-22(27)26(3)15(2)17-7-9-18(28-4)10-8-17/h5-10,12-13,15H,11H2,1-4H3,(H,24,25,27). The fourth-order valence-electron chi connectivity index (χ4n) is 2.86. The summed E-state index contributed by atoms with van der Waals surface area (Å²) in [7, 11) is 3.36. The quantitative estimate of drug-likeness (QED) is 0.587. The Bertz CT molecular complexity index is 988. The Balaban J connectivity index is 1.61. The number of aryl methyl sites for hydroxylation is 1. The third kappa shape index (κ3) is 5.12. The minimum absolute atomic E-state index is 0.115. The van der Waals surface area contributed by atoms with Crippen LogP contribution in [0.5, 0.6) is 5.75 Å². The Hall–Kier alpha value is -2.93. The van der Waals surface area contributed by atoms with Crippen molar-refractivity contribution in [2.24, 2.45) is 0 Å². The van der Waals surface area contributed by atoms with Crippen LogP contribution in [0, 0.1) is 12.7 Å². The van der Waals surface area contributed by atoms with Crippen molar-refractivity contribution < 1.29 is 13.9 Å². The molecule has 2 amide bonds. The van der Waals surface area contributed by atoms with Gasteiger partial charge in [0.2, 0.25) is 0 Å². The summed E-state index contributed by atoms with van der Waals surface area (Å²) in [4.78, 5) is 19.5. The number of methoxy groups -OCH3 is 1. The summed E-state index contributed by atoms with van der Waals surface area (Å²) in [5.74, 6) is 0.562. The summed E-state index contributed by atoms with van der Waals surface area (Å²) in [5.41, 5.74) is 2.50. The van der Waals surface area contributed by atoms with Gasteiger partial charge in [0.25, 0.3) is 0 Å². The fourth-order valence-corrected chi connectivity index (χ4v) is 3.69. The van der Waals surface area contributed by atoms with Gasteiger partial charge in [-0.3, -0.25) is 5.32 Å². The van der Waals surface area contributed by atoms with E-state index in [0.717, 1.165) is 21.8 Å². The van der Waals surface area contributed by atoms with Gasteiger partial charge in [-0.15, -0.1) is 11.3 Å². The molecule has 0 fully saturated rings. The molecule has 0 saturated heterocycles. The molecule has 1 unspecified atom stereocenters. The molecular formula is C22H24FN3O2S. The predicted molar refractivity (Wildman–Crippen MR) is 114 cm³/mol. The molecule has 3 aromatic rings. The van der Waals surface area contributed by atoms with Gasteiger partial charge in [-0.05, 0) is 48.7 Å². The maximum atomic E-state index is 13.7. The molecule has 2 aromatic carbocycles. The highest BCUT2D eigenvalue weighted by molar-refractivity contribution is 7.15. The van der Waals surface area contributed by atoms with E-state index in [2.05, 4.69) is 10.3 Å². The van der Waals surface area contributed by atoms with Crippen LogP contribution in [-0.2, 0) is 6.42 Å². The Kier molecular flexibility index (Phi) is 6.49. The first-order chi connectivity index (χ1) is 13.9. The maximum Gasteiger partial charge on any atom is 0.323 e. The number of carbonyl (C=O) groups excluding carboxylic acids is 1. The zero-order valence-electron chi connectivity index (χ0n) is 16.9. The average molecular weight is 414 g/mol. The molecule has 3 rings (SSSR count). The highest BCUT2D eigenvalue weighted by Gasteiger charge is 2.18. The minimum atomic E-state index is -0.240. The number of halogens is 1. The van der Waals surface area contributed by atoms with Crippen molar-refractivity contribution in [1.29, 1.82) is 0 Å². The number of anilines is 1. The van der Waals surface area contributed by atoms with Gasteiger partial charge in [0, 0.05) is 24.5 Å². The average Bonchev–Trinajstić information content (AvgIpc) is 3.16. The van der Waals surface area contributed by atoms with Crippen LogP contribution in [0.15, 0.2) is 48.7 Å². The highest BCUT2D eigenvalue weighted by Crippen LogP contribution is 2.25. The Morgan fingerprint density at radius 2 is 2.00 bits per heavy atom. The Labute approximate surface area is 174 Å². The molecule has 0 aliphatic rings. The van der Waals surface area contributed by atoms with Gasteiger partial charge >= 0.3 is 6.03 Å². The Morgan fingerprint density at radius 1 is 1.28 bits per heavy atom. The molecule has 29 heavy (non-hydrogen) atoms. The largest absolute Gasteiger partial charge is 0.497 e. The van der Waals surface area contributed by atoms with Gasteiger partial charge in [-0.2, -0.15) is 0 Å². The van der Waals surface area contributed by atoms with Crippen LogP contribution in [0.25, 0.3) is 0 Å². The Morgan fingerprint density at radius 3 is 2.66 bits per heavy atom. The number of amides is 2. The molecule has 0 saturated carbocycles. The van der Waals surface area contributed by atoms with E-state index in [1.54, 1.807) is 38.2 Å². The van der Waals surface area contributed by atoms with Crippen LogP contribution >= 0.6 is 11.3 Å². The van der Waals surface area contributed by atoms with Gasteiger partial charge in [0.1, 0.15) is 11.6 Å². The van der Waals surface area contributed by atoms with Crippen LogP contribution in [0.3, 0.4) is 0 Å². The lowest BCUT2D eigenvalue weighted by molar-refractivity contribution is 0.208. The van der Waals surface area contributed by atoms with Crippen LogP contribution in [0.1, 0.15) is 34.5 Å². The number of thiazole rings is 1. The number of urea groups is 1. The van der Waals surface area contributed by atoms with Crippen molar-refractivity contribution in [3.8, 4) is 5.75 Å². The molecule has 0 bridgehead atoms. The molecule has 1 aromatic heterocycles. The zero-order valence-corrected chi connectivity index (χ0v) is 17.7. The number of carbonyl (C=O) groups is 1. The first-order valence-corrected chi connectivity index (χ1v) is 10.1. The lowest BCUT2D eigenvalue weighted by Crippen LogP contribution is -2.33. The monoisotopic (exact) mass is 413 g/mol. The molecular weight excluding hydrogens is 389 g/mol. The summed E-state index contributed by atoms with van der Waals surface area (Å²) in [6, 6.07) is 12.5. The normalized spacial score (nSPS) is 11.8. The molecule has 0 aliphatic carbocycles. The number of nitrogens with zero attached hydrogens (tertiary/aromatic N) is 2. The third-order valence-corrected chi connectivity index (χ3v) is 5.79. The first-order valence-electron chi connectivity index (χ1n) is 9.25. The second-order valence-electron chi connectivity index (χ2n) is 6.88. The van der Waals surface area contributed by atoms with Crippen molar-refractivity contribution in [3.05, 3.63) is 76.0 Å². The first kappa shape index (κ1) is 20.8. The van der Waals surface area contributed by atoms with Crippen molar-refractivity contribution in [2.75, 3.05) is 19.5 Å². The number of ether oxygens (including phenoxy) is 1. The predicted octanol–water partition coefficient (Wildman–Crippen LogP) is 5.41. The lowest BCUT2D eigenvalue weighted by atomic mass is 10.1. The van der Waals surface area contributed by atoms with E-state index in [0.29, 0.717) is 17.1 Å². The van der Waals surface area contributed by atoms with Crippen molar-refractivity contribution in [2.45, 2.75) is 26.3 Å². The van der Waals surface area contributed by atoms with Gasteiger partial charge < -0.3 is 9.64 Å². The van der Waals surface area contributed by atoms with E-state index in [1.807, 2.05) is 37.3 Å². The summed E-state index contributed by atoms with van der Waals surface area (Å²) >= 11 is 1.39. The number of rotatable bonds is 6. The number of nitrogens with one attached hydrogen (secondary N) is 1. The zero-order chi connectivity index (χ0) is 21.0. The topological polar surface area (TPSA) is 54.5 Å². The van der Waals surface area contributed by atoms with E-state index in [1.165, 1.54) is 17.4 Å². The van der Waals surface area contributed by atoms with E-state index < -0.39 is 0 Å². The second kappa shape index (κ2) is 9.05. The molecule has 0 spiro atoms. The number of hydrogen-bond acceptors (Lipinski definition) is 4. The summed E-state index contributed by atoms with van der Waals surface area (Å²) in [6.45, 7) is 3.70. The van der Waals surface area contributed by atoms with Crippen molar-refractivity contribution >= 4 is 22.5 Å². The van der Waals surface area contributed by atoms with E-state index in [9.17, 15) is 9.18 Å². The molecule has 0 aliphatic heterocycles. The molecule has 1 atom stereocenters. The molecule has 1 N–H and O–H groups in total.